The molecule has 0 aliphatic heterocycles. The summed E-state index contributed by atoms with van der Waals surface area (Å²) in [6.07, 6.45) is 6.52. The molecule has 2 rings (SSSR count). The third-order valence-electron chi connectivity index (χ3n) is 3.28. The maximum absolute atomic E-state index is 10.0. The molecule has 1 aromatic rings. The molecule has 1 atom stereocenters. The fraction of sp³-hybridized carbons (Fsp3) is 0.571. The maximum atomic E-state index is 10.0. The van der Waals surface area contributed by atoms with E-state index in [4.69, 9.17) is 0 Å². The van der Waals surface area contributed by atoms with Crippen LogP contribution in [0.1, 0.15) is 55.4 Å². The molecule has 1 N–H and O–H groups in total. The van der Waals surface area contributed by atoms with Crippen LogP contribution in [-0.2, 0) is 12.8 Å². The third kappa shape index (κ3) is 2.40. The second kappa shape index (κ2) is 4.80. The molecule has 0 spiro atoms. The minimum atomic E-state index is -0.223. The molecule has 1 aliphatic rings. The summed E-state index contributed by atoms with van der Waals surface area (Å²) in [4.78, 5) is 0. The Labute approximate surface area is 92.1 Å². The van der Waals surface area contributed by atoms with Gasteiger partial charge in [-0.3, -0.25) is 0 Å². The lowest BCUT2D eigenvalue weighted by molar-refractivity contribution is 0.166. The Balaban J connectivity index is 2.31. The summed E-state index contributed by atoms with van der Waals surface area (Å²) in [5.41, 5.74) is 3.93. The molecule has 0 aromatic heterocycles. The number of aryl methyl sites for hydroxylation is 2. The molecule has 15 heavy (non-hydrogen) atoms. The normalized spacial score (nSPS) is 20.8. The van der Waals surface area contributed by atoms with Gasteiger partial charge < -0.3 is 5.11 Å². The van der Waals surface area contributed by atoms with Gasteiger partial charge in [-0.15, -0.1) is 0 Å². The minimum Gasteiger partial charge on any atom is -0.388 e. The van der Waals surface area contributed by atoms with Crippen molar-refractivity contribution in [2.75, 3.05) is 0 Å². The van der Waals surface area contributed by atoms with E-state index in [-0.39, 0.29) is 6.10 Å². The molecule has 1 heteroatoms. The molecule has 0 amide bonds. The van der Waals surface area contributed by atoms with Crippen LogP contribution in [0.3, 0.4) is 0 Å². The minimum absolute atomic E-state index is 0.223. The first-order valence-corrected chi connectivity index (χ1v) is 6.11. The number of aliphatic hydroxyl groups is 1. The summed E-state index contributed by atoms with van der Waals surface area (Å²) in [6.45, 7) is 2.20. The molecular weight excluding hydrogens is 184 g/mol. The lowest BCUT2D eigenvalue weighted by Crippen LogP contribution is -2.00. The standard InChI is InChI=1S/C14H20O/c1-2-5-11-8-9-12-6-3-4-7-14(15)13(12)10-11/h8-10,14-15H,2-7H2,1H3/t14-/m0/s1. The molecule has 0 bridgehead atoms. The molecule has 0 saturated heterocycles. The Morgan fingerprint density at radius 1 is 1.33 bits per heavy atom. The van der Waals surface area contributed by atoms with Crippen molar-refractivity contribution in [2.45, 2.75) is 51.6 Å². The van der Waals surface area contributed by atoms with Crippen molar-refractivity contribution in [3.8, 4) is 0 Å². The fourth-order valence-electron chi connectivity index (χ4n) is 2.44. The summed E-state index contributed by atoms with van der Waals surface area (Å²) in [6, 6.07) is 6.66. The van der Waals surface area contributed by atoms with Crippen LogP contribution in [0.15, 0.2) is 18.2 Å². The van der Waals surface area contributed by atoms with Gasteiger partial charge in [0.15, 0.2) is 0 Å². The molecule has 0 fully saturated rings. The van der Waals surface area contributed by atoms with Crippen LogP contribution in [0.5, 0.6) is 0 Å². The van der Waals surface area contributed by atoms with Crippen molar-refractivity contribution in [1.29, 1.82) is 0 Å². The first kappa shape index (κ1) is 10.7. The highest BCUT2D eigenvalue weighted by Crippen LogP contribution is 2.29. The Bertz CT molecular complexity index is 330. The number of hydrogen-bond donors (Lipinski definition) is 1. The van der Waals surface area contributed by atoms with Gasteiger partial charge in [0.2, 0.25) is 0 Å². The van der Waals surface area contributed by atoms with Gasteiger partial charge in [0, 0.05) is 0 Å². The van der Waals surface area contributed by atoms with E-state index >= 15 is 0 Å². The van der Waals surface area contributed by atoms with E-state index in [2.05, 4.69) is 25.1 Å². The van der Waals surface area contributed by atoms with Gasteiger partial charge in [0.25, 0.3) is 0 Å². The van der Waals surface area contributed by atoms with E-state index in [1.54, 1.807) is 0 Å². The average molecular weight is 204 g/mol. The molecule has 1 aromatic carbocycles. The predicted octanol–water partition coefficient (Wildman–Crippen LogP) is 3.40. The second-order valence-electron chi connectivity index (χ2n) is 4.54. The van der Waals surface area contributed by atoms with Crippen molar-refractivity contribution in [3.05, 3.63) is 34.9 Å². The lowest BCUT2D eigenvalue weighted by atomic mass is 9.97. The second-order valence-corrected chi connectivity index (χ2v) is 4.54. The summed E-state index contributed by atoms with van der Waals surface area (Å²) >= 11 is 0. The van der Waals surface area contributed by atoms with Gasteiger partial charge in [-0.2, -0.15) is 0 Å². The SMILES string of the molecule is CCCc1ccc2c(c1)[C@@H](O)CCCC2. The van der Waals surface area contributed by atoms with E-state index in [0.717, 1.165) is 25.7 Å². The van der Waals surface area contributed by atoms with Crippen molar-refractivity contribution in [3.63, 3.8) is 0 Å². The largest absolute Gasteiger partial charge is 0.388 e. The van der Waals surface area contributed by atoms with Gasteiger partial charge in [-0.25, -0.2) is 0 Å². The van der Waals surface area contributed by atoms with E-state index < -0.39 is 0 Å². The monoisotopic (exact) mass is 204 g/mol. The summed E-state index contributed by atoms with van der Waals surface area (Å²) in [5, 5.41) is 10.0. The number of rotatable bonds is 2. The maximum Gasteiger partial charge on any atom is 0.0792 e. The highest BCUT2D eigenvalue weighted by molar-refractivity contribution is 5.34. The highest BCUT2D eigenvalue weighted by atomic mass is 16.3. The van der Waals surface area contributed by atoms with E-state index in [0.29, 0.717) is 0 Å². The zero-order chi connectivity index (χ0) is 10.7. The van der Waals surface area contributed by atoms with Crippen molar-refractivity contribution in [2.24, 2.45) is 0 Å². The Hall–Kier alpha value is -0.820. The topological polar surface area (TPSA) is 20.2 Å². The Kier molecular flexibility index (Phi) is 3.42. The molecule has 82 valence electrons. The number of benzene rings is 1. The number of fused-ring (bicyclic) bond motifs is 1. The fourth-order valence-corrected chi connectivity index (χ4v) is 2.44. The van der Waals surface area contributed by atoms with Crippen LogP contribution in [0.4, 0.5) is 0 Å². The van der Waals surface area contributed by atoms with Gasteiger partial charge in [0.1, 0.15) is 0 Å². The lowest BCUT2D eigenvalue weighted by Gasteiger charge is -2.13. The van der Waals surface area contributed by atoms with Crippen LogP contribution < -0.4 is 0 Å². The van der Waals surface area contributed by atoms with Gasteiger partial charge >= 0.3 is 0 Å². The molecular formula is C14H20O. The van der Waals surface area contributed by atoms with Crippen LogP contribution in [0, 0.1) is 0 Å². The molecule has 0 heterocycles. The quantitative estimate of drug-likeness (QED) is 0.732. The van der Waals surface area contributed by atoms with Gasteiger partial charge in [-0.1, -0.05) is 38.0 Å². The average Bonchev–Trinajstić information content (AvgIpc) is 2.42. The van der Waals surface area contributed by atoms with Crippen molar-refractivity contribution in [1.82, 2.24) is 0 Å². The summed E-state index contributed by atoms with van der Waals surface area (Å²) in [7, 11) is 0. The number of aliphatic hydroxyl groups excluding tert-OH is 1. The van der Waals surface area contributed by atoms with E-state index in [9.17, 15) is 5.11 Å². The van der Waals surface area contributed by atoms with Crippen LogP contribution >= 0.6 is 0 Å². The molecule has 0 saturated carbocycles. The van der Waals surface area contributed by atoms with Gasteiger partial charge in [0.05, 0.1) is 6.10 Å². The smallest absolute Gasteiger partial charge is 0.0792 e. The first-order chi connectivity index (χ1) is 7.31. The predicted molar refractivity (Wildman–Crippen MR) is 63.0 cm³/mol. The highest BCUT2D eigenvalue weighted by Gasteiger charge is 2.16. The summed E-state index contributed by atoms with van der Waals surface area (Å²) < 4.78 is 0. The molecule has 0 unspecified atom stereocenters. The third-order valence-corrected chi connectivity index (χ3v) is 3.28. The van der Waals surface area contributed by atoms with Crippen molar-refractivity contribution < 1.29 is 5.11 Å². The van der Waals surface area contributed by atoms with E-state index in [1.165, 1.54) is 29.5 Å². The van der Waals surface area contributed by atoms with Crippen LogP contribution in [0.25, 0.3) is 0 Å². The van der Waals surface area contributed by atoms with Crippen LogP contribution in [0.2, 0.25) is 0 Å². The van der Waals surface area contributed by atoms with Crippen molar-refractivity contribution >= 4 is 0 Å². The van der Waals surface area contributed by atoms with Gasteiger partial charge in [-0.05, 0) is 42.4 Å². The molecule has 1 nitrogen and oxygen atoms in total. The zero-order valence-corrected chi connectivity index (χ0v) is 9.50. The first-order valence-electron chi connectivity index (χ1n) is 6.11. The number of hydrogen-bond acceptors (Lipinski definition) is 1. The molecule has 0 radical (unpaired) electrons. The Morgan fingerprint density at radius 2 is 2.20 bits per heavy atom. The Morgan fingerprint density at radius 3 is 3.00 bits per heavy atom. The van der Waals surface area contributed by atoms with E-state index in [1.807, 2.05) is 0 Å². The summed E-state index contributed by atoms with van der Waals surface area (Å²) in [5.74, 6) is 0. The zero-order valence-electron chi connectivity index (χ0n) is 9.50. The molecule has 1 aliphatic carbocycles. The van der Waals surface area contributed by atoms with Crippen LogP contribution in [-0.4, -0.2) is 5.11 Å².